The second-order valence-corrected chi connectivity index (χ2v) is 9.50. The molecule has 0 radical (unpaired) electrons. The molecule has 0 saturated carbocycles. The zero-order valence-corrected chi connectivity index (χ0v) is 26.0. The highest BCUT2D eigenvalue weighted by atomic mass is 16.5. The van der Waals surface area contributed by atoms with Gasteiger partial charge in [-0.2, -0.15) is 5.26 Å². The van der Waals surface area contributed by atoms with Gasteiger partial charge in [0, 0.05) is 30.2 Å². The van der Waals surface area contributed by atoms with Gasteiger partial charge in [0.2, 0.25) is 5.88 Å². The Balaban J connectivity index is 0.000000836. The molecule has 0 spiro atoms. The first kappa shape index (κ1) is 34.7. The van der Waals surface area contributed by atoms with Crippen molar-refractivity contribution in [3.8, 4) is 23.1 Å². The van der Waals surface area contributed by atoms with Gasteiger partial charge in [-0.25, -0.2) is 4.98 Å². The third-order valence-electron chi connectivity index (χ3n) is 6.41. The van der Waals surface area contributed by atoms with E-state index in [1.807, 2.05) is 114 Å². The van der Waals surface area contributed by atoms with E-state index in [4.69, 9.17) is 10.00 Å². The molecule has 3 aromatic rings. The lowest BCUT2D eigenvalue weighted by Crippen LogP contribution is -2.40. The van der Waals surface area contributed by atoms with Crippen molar-refractivity contribution in [1.82, 2.24) is 10.3 Å². The number of ether oxygens (including phenoxy) is 1. The number of benzene rings is 2. The zero-order valence-electron chi connectivity index (χ0n) is 26.0. The van der Waals surface area contributed by atoms with Crippen molar-refractivity contribution in [2.45, 2.75) is 53.2 Å². The average molecular weight is 580 g/mol. The maximum atomic E-state index is 10.5. The normalized spacial score (nSPS) is 14.6. The van der Waals surface area contributed by atoms with Crippen LogP contribution in [0.15, 0.2) is 103 Å². The predicted molar refractivity (Wildman–Crippen MR) is 180 cm³/mol. The molecule has 4 rings (SSSR count). The lowest BCUT2D eigenvalue weighted by molar-refractivity contribution is 0.194. The molecule has 2 unspecified atom stereocenters. The summed E-state index contributed by atoms with van der Waals surface area (Å²) in [6, 6.07) is 19.7. The number of aromatic nitrogens is 1. The predicted octanol–water partition coefficient (Wildman–Crippen LogP) is 7.43. The van der Waals surface area contributed by atoms with Gasteiger partial charge in [-0.3, -0.25) is 4.99 Å². The van der Waals surface area contributed by atoms with Gasteiger partial charge in [-0.05, 0) is 68.6 Å². The maximum Gasteiger partial charge on any atom is 0.237 e. The average Bonchev–Trinajstić information content (AvgIpc) is 3.07. The highest BCUT2D eigenvalue weighted by Gasteiger charge is 2.21. The van der Waals surface area contributed by atoms with Crippen LogP contribution in [-0.4, -0.2) is 41.5 Å². The fourth-order valence-corrected chi connectivity index (χ4v) is 4.11. The number of hydrogen-bond acceptors (Lipinski definition) is 7. The van der Waals surface area contributed by atoms with E-state index < -0.39 is 6.10 Å². The molecule has 0 saturated heterocycles. The molecule has 7 heteroatoms. The first-order valence-corrected chi connectivity index (χ1v) is 14.8. The second kappa shape index (κ2) is 19.6. The molecule has 0 aliphatic carbocycles. The molecule has 226 valence electrons. The van der Waals surface area contributed by atoms with Crippen LogP contribution in [0.4, 0.5) is 5.69 Å². The molecule has 2 heterocycles. The van der Waals surface area contributed by atoms with Crippen LogP contribution in [0.3, 0.4) is 0 Å². The van der Waals surface area contributed by atoms with Gasteiger partial charge in [-0.15, -0.1) is 0 Å². The van der Waals surface area contributed by atoms with Crippen LogP contribution in [0.1, 0.15) is 57.4 Å². The van der Waals surface area contributed by atoms with Crippen molar-refractivity contribution in [2.75, 3.05) is 25.0 Å². The van der Waals surface area contributed by atoms with Crippen molar-refractivity contribution < 1.29 is 9.84 Å². The van der Waals surface area contributed by atoms with E-state index in [0.29, 0.717) is 30.2 Å². The summed E-state index contributed by atoms with van der Waals surface area (Å²) in [6.07, 6.45) is 11.0. The fourth-order valence-electron chi connectivity index (χ4n) is 4.11. The molecule has 2 atom stereocenters. The summed E-state index contributed by atoms with van der Waals surface area (Å²) in [5.41, 5.74) is 6.19. The molecule has 0 fully saturated rings. The Kier molecular flexibility index (Phi) is 15.8. The van der Waals surface area contributed by atoms with Crippen molar-refractivity contribution in [3.05, 3.63) is 115 Å². The minimum Gasteiger partial charge on any atom is -0.470 e. The molecule has 0 amide bonds. The first-order valence-electron chi connectivity index (χ1n) is 14.8. The smallest absolute Gasteiger partial charge is 0.237 e. The Morgan fingerprint density at radius 2 is 1.88 bits per heavy atom. The molecule has 43 heavy (non-hydrogen) atoms. The van der Waals surface area contributed by atoms with E-state index in [9.17, 15) is 5.11 Å². The summed E-state index contributed by atoms with van der Waals surface area (Å²) >= 11 is 0. The number of nitriles is 1. The van der Waals surface area contributed by atoms with Gasteiger partial charge >= 0.3 is 0 Å². The van der Waals surface area contributed by atoms with E-state index in [2.05, 4.69) is 33.3 Å². The number of rotatable bonds is 10. The Morgan fingerprint density at radius 3 is 2.49 bits per heavy atom. The van der Waals surface area contributed by atoms with E-state index in [-0.39, 0.29) is 6.10 Å². The van der Waals surface area contributed by atoms with Crippen LogP contribution in [0.25, 0.3) is 11.1 Å². The van der Waals surface area contributed by atoms with Gasteiger partial charge in [0.25, 0.3) is 0 Å². The number of nitrogens with one attached hydrogen (secondary N) is 2. The number of fused-ring (bicyclic) bond motifs is 1. The summed E-state index contributed by atoms with van der Waals surface area (Å²) in [7, 11) is 0. The first-order chi connectivity index (χ1) is 21.0. The maximum absolute atomic E-state index is 10.5. The van der Waals surface area contributed by atoms with E-state index in [0.717, 1.165) is 35.3 Å². The summed E-state index contributed by atoms with van der Waals surface area (Å²) in [5.74, 6) is 0.603. The number of anilines is 1. The van der Waals surface area contributed by atoms with Gasteiger partial charge < -0.3 is 20.5 Å². The largest absolute Gasteiger partial charge is 0.470 e. The van der Waals surface area contributed by atoms with Crippen LogP contribution < -0.4 is 15.4 Å². The number of aliphatic imine (C=N–C) groups is 1. The number of pyridine rings is 1. The minimum atomic E-state index is -0.735. The van der Waals surface area contributed by atoms with Crippen molar-refractivity contribution in [1.29, 1.82) is 5.26 Å². The van der Waals surface area contributed by atoms with Crippen molar-refractivity contribution >= 4 is 11.4 Å². The Bertz CT molecular complexity index is 1390. The van der Waals surface area contributed by atoms with Crippen LogP contribution in [0.5, 0.6) is 5.88 Å². The molecular weight excluding hydrogens is 534 g/mol. The van der Waals surface area contributed by atoms with Crippen molar-refractivity contribution in [3.63, 3.8) is 0 Å². The number of nitrogens with zero attached hydrogens (tertiary/aromatic N) is 3. The lowest BCUT2D eigenvalue weighted by atomic mass is 10.0. The van der Waals surface area contributed by atoms with Gasteiger partial charge in [0.05, 0.1) is 23.9 Å². The van der Waals surface area contributed by atoms with Crippen LogP contribution in [0, 0.1) is 11.3 Å². The molecule has 1 aliphatic heterocycles. The third-order valence-corrected chi connectivity index (χ3v) is 6.41. The molecule has 1 aliphatic rings. The van der Waals surface area contributed by atoms with Crippen LogP contribution >= 0.6 is 0 Å². The highest BCUT2D eigenvalue weighted by Crippen LogP contribution is 2.31. The molecular formula is C36H45N5O2. The van der Waals surface area contributed by atoms with E-state index in [1.165, 1.54) is 5.56 Å². The summed E-state index contributed by atoms with van der Waals surface area (Å²) in [5, 5.41) is 26.3. The molecule has 2 aromatic carbocycles. The molecule has 7 nitrogen and oxygen atoms in total. The Labute approximate surface area is 257 Å². The fraction of sp³-hybridized carbons (Fsp3) is 0.306. The number of hydrogen-bond donors (Lipinski definition) is 3. The number of allylic oxidation sites excluding steroid dienone is 4. The highest BCUT2D eigenvalue weighted by molar-refractivity contribution is 5.88. The van der Waals surface area contributed by atoms with Crippen molar-refractivity contribution in [2.24, 2.45) is 4.99 Å². The van der Waals surface area contributed by atoms with Crippen LogP contribution in [-0.2, 0) is 6.42 Å². The Morgan fingerprint density at radius 1 is 1.16 bits per heavy atom. The Hall–Kier alpha value is -4.51. The quantitative estimate of drug-likeness (QED) is 0.131. The zero-order chi connectivity index (χ0) is 31.5. The second-order valence-electron chi connectivity index (χ2n) is 9.50. The third kappa shape index (κ3) is 11.4. The summed E-state index contributed by atoms with van der Waals surface area (Å²) in [4.78, 5) is 8.78. The minimum absolute atomic E-state index is 0.00922. The van der Waals surface area contributed by atoms with Gasteiger partial charge in [-0.1, -0.05) is 81.1 Å². The van der Waals surface area contributed by atoms with E-state index in [1.54, 1.807) is 12.3 Å². The standard InChI is InChI=1S/C29H31N5O2.C5H8.C2H6/c1-3-13-32-20(2)28(35)24-10-8-23(9-11-24)25-15-27-29(34-17-25)36-26(19-33-27)18-31-14-12-21-4-6-22(16-30)7-5-21;1-3-5-4-2;1-2/h3-11,13,15,17,26,28,31,33,35H,12,14,18-19H2,1-2H3;3-5H,1H2,2H3;1-2H3/b13-3-,32-20?;5-4-;. The monoisotopic (exact) mass is 579 g/mol. The molecule has 3 N–H and O–H groups in total. The van der Waals surface area contributed by atoms with Crippen LogP contribution in [0.2, 0.25) is 0 Å². The summed E-state index contributed by atoms with van der Waals surface area (Å²) in [6.45, 7) is 15.4. The lowest BCUT2D eigenvalue weighted by Gasteiger charge is -2.27. The SMILES string of the molecule is C/C=C\N=C(C)C(O)c1ccc(-c2cnc3c(c2)NCC(CNCCc2ccc(C#N)cc2)O3)cc1.C=C/C=C\C.CC. The number of aliphatic hydroxyl groups excluding tert-OH is 1. The number of aliphatic hydroxyl groups is 1. The van der Waals surface area contributed by atoms with E-state index >= 15 is 0 Å². The molecule has 1 aromatic heterocycles. The van der Waals surface area contributed by atoms with Gasteiger partial charge in [0.1, 0.15) is 12.2 Å². The van der Waals surface area contributed by atoms with Gasteiger partial charge in [0.15, 0.2) is 0 Å². The topological polar surface area (TPSA) is 103 Å². The molecule has 0 bridgehead atoms. The summed E-state index contributed by atoms with van der Waals surface area (Å²) < 4.78 is 6.09.